The first kappa shape index (κ1) is 16.3. The molecule has 1 unspecified atom stereocenters. The largest absolute Gasteiger partial charge is 0.503 e. The van der Waals surface area contributed by atoms with Crippen LogP contribution in [0.4, 0.5) is 0 Å². The third-order valence-corrected chi connectivity index (χ3v) is 3.74. The molecule has 1 N–H and O–H groups in total. The summed E-state index contributed by atoms with van der Waals surface area (Å²) >= 11 is 3.34. The molecule has 0 saturated carbocycles. The van der Waals surface area contributed by atoms with Crippen LogP contribution < -0.4 is 4.74 Å². The maximum absolute atomic E-state index is 9.80. The Morgan fingerprint density at radius 2 is 2.05 bits per heavy atom. The summed E-state index contributed by atoms with van der Waals surface area (Å²) in [5.74, 6) is 0.624. The van der Waals surface area contributed by atoms with Gasteiger partial charge in [-0.05, 0) is 47.1 Å². The molecule has 0 aliphatic carbocycles. The minimum Gasteiger partial charge on any atom is -0.503 e. The van der Waals surface area contributed by atoms with Crippen LogP contribution in [0.15, 0.2) is 16.6 Å². The van der Waals surface area contributed by atoms with Crippen molar-refractivity contribution in [1.82, 2.24) is 4.90 Å². The van der Waals surface area contributed by atoms with Crippen molar-refractivity contribution in [2.75, 3.05) is 27.4 Å². The number of aromatic hydroxyl groups is 1. The predicted molar refractivity (Wildman–Crippen MR) is 79.8 cm³/mol. The van der Waals surface area contributed by atoms with Crippen molar-refractivity contribution < 1.29 is 14.6 Å². The minimum absolute atomic E-state index is 0.138. The average molecular weight is 332 g/mol. The molecule has 5 heteroatoms. The summed E-state index contributed by atoms with van der Waals surface area (Å²) in [5, 5.41) is 9.80. The highest BCUT2D eigenvalue weighted by Crippen LogP contribution is 2.35. The van der Waals surface area contributed by atoms with E-state index >= 15 is 0 Å². The Bertz CT molecular complexity index is 412. The number of halogens is 1. The number of phenolic OH excluding ortho intramolecular Hbond substituents is 1. The fraction of sp³-hybridized carbons (Fsp3) is 0.571. The van der Waals surface area contributed by atoms with Gasteiger partial charge in [-0.2, -0.15) is 0 Å². The Morgan fingerprint density at radius 1 is 1.37 bits per heavy atom. The number of nitrogens with zero attached hydrogens (tertiary/aromatic N) is 1. The maximum Gasteiger partial charge on any atom is 0.172 e. The van der Waals surface area contributed by atoms with Gasteiger partial charge in [0.05, 0.1) is 18.2 Å². The van der Waals surface area contributed by atoms with Gasteiger partial charge in [0.2, 0.25) is 0 Å². The molecular weight excluding hydrogens is 310 g/mol. The van der Waals surface area contributed by atoms with E-state index in [-0.39, 0.29) is 5.75 Å². The number of likely N-dealkylation sites (N-methyl/N-ethyl adjacent to an activating group) is 1. The van der Waals surface area contributed by atoms with Crippen LogP contribution >= 0.6 is 15.9 Å². The number of methoxy groups -OCH3 is 2. The monoisotopic (exact) mass is 331 g/mol. The Labute approximate surface area is 123 Å². The standard InChI is InChI=1S/C14H22BrNO3/c1-5-16(10(2)9-18-3)8-11-6-12(15)14(17)13(7-11)19-4/h6-7,10,17H,5,8-9H2,1-4H3. The summed E-state index contributed by atoms with van der Waals surface area (Å²) in [7, 11) is 3.26. The maximum atomic E-state index is 9.80. The van der Waals surface area contributed by atoms with E-state index in [4.69, 9.17) is 9.47 Å². The summed E-state index contributed by atoms with van der Waals surface area (Å²) in [5.41, 5.74) is 1.09. The van der Waals surface area contributed by atoms with Gasteiger partial charge in [-0.1, -0.05) is 6.92 Å². The molecule has 0 aliphatic heterocycles. The van der Waals surface area contributed by atoms with Crippen LogP contribution in [0.2, 0.25) is 0 Å². The van der Waals surface area contributed by atoms with Crippen LogP contribution in [0.25, 0.3) is 0 Å². The summed E-state index contributed by atoms with van der Waals surface area (Å²) < 4.78 is 11.0. The van der Waals surface area contributed by atoms with Crippen molar-refractivity contribution >= 4 is 15.9 Å². The molecule has 4 nitrogen and oxygen atoms in total. The van der Waals surface area contributed by atoms with Gasteiger partial charge < -0.3 is 14.6 Å². The number of hydrogen-bond acceptors (Lipinski definition) is 4. The van der Waals surface area contributed by atoms with Crippen LogP contribution in [0, 0.1) is 0 Å². The van der Waals surface area contributed by atoms with E-state index < -0.39 is 0 Å². The van der Waals surface area contributed by atoms with Crippen molar-refractivity contribution in [3.05, 3.63) is 22.2 Å². The second-order valence-electron chi connectivity index (χ2n) is 4.50. The number of ether oxygens (including phenoxy) is 2. The molecule has 19 heavy (non-hydrogen) atoms. The lowest BCUT2D eigenvalue weighted by molar-refractivity contribution is 0.0981. The summed E-state index contributed by atoms with van der Waals surface area (Å²) in [4.78, 5) is 2.31. The zero-order valence-corrected chi connectivity index (χ0v) is 13.5. The average Bonchev–Trinajstić information content (AvgIpc) is 2.39. The van der Waals surface area contributed by atoms with Crippen LogP contribution in [-0.2, 0) is 11.3 Å². The Kier molecular flexibility index (Phi) is 6.62. The second kappa shape index (κ2) is 7.72. The molecule has 1 rings (SSSR count). The van der Waals surface area contributed by atoms with E-state index in [1.165, 1.54) is 0 Å². The number of hydrogen-bond donors (Lipinski definition) is 1. The van der Waals surface area contributed by atoms with Gasteiger partial charge >= 0.3 is 0 Å². The van der Waals surface area contributed by atoms with Crippen LogP contribution in [0.5, 0.6) is 11.5 Å². The minimum atomic E-state index is 0.138. The van der Waals surface area contributed by atoms with Gasteiger partial charge in [-0.25, -0.2) is 0 Å². The lowest BCUT2D eigenvalue weighted by Crippen LogP contribution is -2.35. The fourth-order valence-corrected chi connectivity index (χ4v) is 2.52. The first-order chi connectivity index (χ1) is 9.03. The van der Waals surface area contributed by atoms with Crippen molar-refractivity contribution in [3.63, 3.8) is 0 Å². The number of rotatable bonds is 7. The van der Waals surface area contributed by atoms with E-state index in [0.717, 1.165) is 18.7 Å². The zero-order valence-electron chi connectivity index (χ0n) is 11.9. The van der Waals surface area contributed by atoms with E-state index in [9.17, 15) is 5.11 Å². The smallest absolute Gasteiger partial charge is 0.172 e. The zero-order chi connectivity index (χ0) is 14.4. The lowest BCUT2D eigenvalue weighted by atomic mass is 10.1. The first-order valence-electron chi connectivity index (χ1n) is 6.31. The van der Waals surface area contributed by atoms with Gasteiger partial charge in [0.1, 0.15) is 0 Å². The third kappa shape index (κ3) is 4.37. The molecule has 1 aromatic rings. The van der Waals surface area contributed by atoms with Gasteiger partial charge in [0.25, 0.3) is 0 Å². The molecule has 1 atom stereocenters. The van der Waals surface area contributed by atoms with Crippen molar-refractivity contribution in [2.24, 2.45) is 0 Å². The van der Waals surface area contributed by atoms with E-state index in [1.54, 1.807) is 14.2 Å². The van der Waals surface area contributed by atoms with Crippen molar-refractivity contribution in [3.8, 4) is 11.5 Å². The van der Waals surface area contributed by atoms with E-state index in [1.807, 2.05) is 12.1 Å². The van der Waals surface area contributed by atoms with E-state index in [0.29, 0.717) is 22.9 Å². The summed E-state index contributed by atoms with van der Waals surface area (Å²) in [6.45, 7) is 6.68. The highest BCUT2D eigenvalue weighted by molar-refractivity contribution is 9.10. The SMILES string of the molecule is CCN(Cc1cc(Br)c(O)c(OC)c1)C(C)COC. The predicted octanol–water partition coefficient (Wildman–Crippen LogP) is 3.02. The molecule has 108 valence electrons. The van der Waals surface area contributed by atoms with Crippen molar-refractivity contribution in [2.45, 2.75) is 26.4 Å². The molecule has 0 heterocycles. The molecule has 0 radical (unpaired) electrons. The van der Waals surface area contributed by atoms with Crippen molar-refractivity contribution in [1.29, 1.82) is 0 Å². The topological polar surface area (TPSA) is 41.9 Å². The quantitative estimate of drug-likeness (QED) is 0.833. The van der Waals surface area contributed by atoms with Crippen LogP contribution in [0.3, 0.4) is 0 Å². The Hall–Kier alpha value is -0.780. The molecule has 0 bridgehead atoms. The number of benzene rings is 1. The van der Waals surface area contributed by atoms with E-state index in [2.05, 4.69) is 34.7 Å². The summed E-state index contributed by atoms with van der Waals surface area (Å²) in [6, 6.07) is 4.12. The fourth-order valence-electron chi connectivity index (χ4n) is 2.03. The molecular formula is C14H22BrNO3. The lowest BCUT2D eigenvalue weighted by Gasteiger charge is -2.27. The second-order valence-corrected chi connectivity index (χ2v) is 5.35. The van der Waals surface area contributed by atoms with Crippen LogP contribution in [0.1, 0.15) is 19.4 Å². The highest BCUT2D eigenvalue weighted by atomic mass is 79.9. The third-order valence-electron chi connectivity index (χ3n) is 3.13. The summed E-state index contributed by atoms with van der Waals surface area (Å²) in [6.07, 6.45) is 0. The molecule has 0 fully saturated rings. The molecule has 0 spiro atoms. The van der Waals surface area contributed by atoms with Gasteiger partial charge in [0.15, 0.2) is 11.5 Å². The van der Waals surface area contributed by atoms with Gasteiger partial charge in [-0.3, -0.25) is 4.90 Å². The molecule has 0 aromatic heterocycles. The highest BCUT2D eigenvalue weighted by Gasteiger charge is 2.15. The number of phenols is 1. The molecule has 0 saturated heterocycles. The first-order valence-corrected chi connectivity index (χ1v) is 7.11. The molecule has 0 amide bonds. The molecule has 1 aromatic carbocycles. The van der Waals surface area contributed by atoms with Crippen LogP contribution in [-0.4, -0.2) is 43.4 Å². The normalized spacial score (nSPS) is 12.7. The van der Waals surface area contributed by atoms with Gasteiger partial charge in [-0.15, -0.1) is 0 Å². The Balaban J connectivity index is 2.88. The molecule has 0 aliphatic rings. The Morgan fingerprint density at radius 3 is 2.58 bits per heavy atom. The van der Waals surface area contributed by atoms with Gasteiger partial charge in [0, 0.05) is 19.7 Å².